The Kier molecular flexibility index (Phi) is 1.69. The summed E-state index contributed by atoms with van der Waals surface area (Å²) in [6, 6.07) is 6.95. The predicted molar refractivity (Wildman–Crippen MR) is 50.9 cm³/mol. The lowest BCUT2D eigenvalue weighted by Gasteiger charge is -2.17. The van der Waals surface area contributed by atoms with Crippen molar-refractivity contribution in [2.75, 3.05) is 7.05 Å². The summed E-state index contributed by atoms with van der Waals surface area (Å²) in [6.45, 7) is 1.38. The first-order chi connectivity index (χ1) is 6.56. The first-order valence-corrected chi connectivity index (χ1v) is 4.26. The van der Waals surface area contributed by atoms with Crippen LogP contribution in [-0.2, 0) is 4.79 Å². The Morgan fingerprint density at radius 2 is 2.00 bits per heavy atom. The Hall–Kier alpha value is -1.68. The lowest BCUT2D eigenvalue weighted by Crippen LogP contribution is -2.52. The molecule has 2 amide bonds. The zero-order valence-electron chi connectivity index (χ0n) is 7.98. The minimum Gasteiger partial charge on any atom is -0.374 e. The largest absolute Gasteiger partial charge is 0.534 e. The fourth-order valence-electron chi connectivity index (χ4n) is 1.49. The summed E-state index contributed by atoms with van der Waals surface area (Å²) in [5.74, 6) is 0.218. The van der Waals surface area contributed by atoms with Crippen LogP contribution in [-0.4, -0.2) is 19.0 Å². The standard InChI is InChI=1S/C10H10NO3/c1-7(12)11(2)8-5-3-4-6-9(8)14-10(11)13/h3-6H,1-2H3/q+1. The van der Waals surface area contributed by atoms with Crippen molar-refractivity contribution in [3.05, 3.63) is 24.3 Å². The van der Waals surface area contributed by atoms with Gasteiger partial charge in [-0.1, -0.05) is 12.1 Å². The molecule has 1 aromatic rings. The molecule has 0 fully saturated rings. The number of nitrogens with zero attached hydrogens (tertiary/aromatic N) is 1. The molecule has 1 unspecified atom stereocenters. The van der Waals surface area contributed by atoms with Crippen LogP contribution in [0.1, 0.15) is 6.92 Å². The first-order valence-electron chi connectivity index (χ1n) is 4.26. The van der Waals surface area contributed by atoms with Crippen LogP contribution in [0.5, 0.6) is 5.75 Å². The number of carbonyl (C=O) groups is 2. The van der Waals surface area contributed by atoms with Gasteiger partial charge in [0, 0.05) is 6.07 Å². The second kappa shape index (κ2) is 2.65. The predicted octanol–water partition coefficient (Wildman–Crippen LogP) is 1.68. The van der Waals surface area contributed by atoms with Crippen molar-refractivity contribution >= 4 is 17.7 Å². The van der Waals surface area contributed by atoms with E-state index in [2.05, 4.69) is 0 Å². The Morgan fingerprint density at radius 3 is 2.64 bits per heavy atom. The number of benzene rings is 1. The van der Waals surface area contributed by atoms with Crippen molar-refractivity contribution in [1.29, 1.82) is 0 Å². The fraction of sp³-hybridized carbons (Fsp3) is 0.200. The smallest absolute Gasteiger partial charge is 0.374 e. The third-order valence-corrected chi connectivity index (χ3v) is 2.54. The Labute approximate surface area is 81.3 Å². The molecule has 2 rings (SSSR count). The highest BCUT2D eigenvalue weighted by atomic mass is 16.6. The van der Waals surface area contributed by atoms with Gasteiger partial charge >= 0.3 is 12.0 Å². The number of imide groups is 1. The normalized spacial score (nSPS) is 24.3. The molecule has 0 saturated heterocycles. The molecule has 1 aliphatic heterocycles. The molecule has 1 aromatic carbocycles. The van der Waals surface area contributed by atoms with E-state index < -0.39 is 10.6 Å². The Balaban J connectivity index is 2.66. The van der Waals surface area contributed by atoms with Gasteiger partial charge in [-0.15, -0.1) is 4.48 Å². The number of quaternary nitrogens is 1. The van der Waals surface area contributed by atoms with E-state index in [9.17, 15) is 9.59 Å². The van der Waals surface area contributed by atoms with Crippen LogP contribution in [0, 0.1) is 0 Å². The number of hydrogen-bond donors (Lipinski definition) is 0. The maximum absolute atomic E-state index is 11.5. The zero-order valence-corrected chi connectivity index (χ0v) is 7.98. The number of hydrogen-bond acceptors (Lipinski definition) is 3. The molecule has 0 aromatic heterocycles. The van der Waals surface area contributed by atoms with E-state index in [-0.39, 0.29) is 5.91 Å². The van der Waals surface area contributed by atoms with Gasteiger partial charge in [0.05, 0.1) is 14.0 Å². The summed E-state index contributed by atoms with van der Waals surface area (Å²) in [5, 5.41) is 0. The summed E-state index contributed by atoms with van der Waals surface area (Å²) in [7, 11) is 1.54. The van der Waals surface area contributed by atoms with Crippen molar-refractivity contribution in [2.24, 2.45) is 0 Å². The third kappa shape index (κ3) is 0.914. The molecule has 1 heterocycles. The Morgan fingerprint density at radius 1 is 1.36 bits per heavy atom. The van der Waals surface area contributed by atoms with Gasteiger partial charge in [0.2, 0.25) is 0 Å². The monoisotopic (exact) mass is 192 g/mol. The minimum atomic E-state index is -0.543. The summed E-state index contributed by atoms with van der Waals surface area (Å²) in [4.78, 5) is 22.9. The highest BCUT2D eigenvalue weighted by Crippen LogP contribution is 2.39. The first kappa shape index (κ1) is 8.90. The van der Waals surface area contributed by atoms with E-state index in [1.807, 2.05) is 0 Å². The SMILES string of the molecule is CC(=O)[N+]1(C)C(=O)Oc2ccccc21. The number of amides is 2. The van der Waals surface area contributed by atoms with Crippen molar-refractivity contribution < 1.29 is 14.3 Å². The number of rotatable bonds is 0. The van der Waals surface area contributed by atoms with Crippen LogP contribution < -0.4 is 9.22 Å². The number of carbonyl (C=O) groups excluding carboxylic acids is 2. The molecule has 14 heavy (non-hydrogen) atoms. The van der Waals surface area contributed by atoms with Gasteiger partial charge in [-0.2, -0.15) is 4.79 Å². The molecular formula is C10H10NO3+. The third-order valence-electron chi connectivity index (χ3n) is 2.54. The minimum absolute atomic E-state index is 0.250. The molecule has 0 aliphatic carbocycles. The van der Waals surface area contributed by atoms with Gasteiger partial charge in [-0.3, -0.25) is 0 Å². The van der Waals surface area contributed by atoms with E-state index in [1.165, 1.54) is 14.0 Å². The highest BCUT2D eigenvalue weighted by Gasteiger charge is 2.50. The summed E-state index contributed by atoms with van der Waals surface area (Å²) in [5.41, 5.74) is 0.602. The molecular weight excluding hydrogens is 182 g/mol. The molecule has 0 radical (unpaired) electrons. The van der Waals surface area contributed by atoms with Crippen LogP contribution in [0.4, 0.5) is 10.5 Å². The van der Waals surface area contributed by atoms with Crippen molar-refractivity contribution in [2.45, 2.75) is 6.92 Å². The molecule has 1 atom stereocenters. The van der Waals surface area contributed by atoms with Crippen molar-refractivity contribution in [3.63, 3.8) is 0 Å². The lowest BCUT2D eigenvalue weighted by molar-refractivity contribution is -0.124. The van der Waals surface area contributed by atoms with Gasteiger partial charge in [-0.25, -0.2) is 4.79 Å². The van der Waals surface area contributed by atoms with Crippen molar-refractivity contribution in [3.8, 4) is 5.75 Å². The van der Waals surface area contributed by atoms with Gasteiger partial charge in [0.1, 0.15) is 0 Å². The molecule has 0 N–H and O–H groups in total. The van der Waals surface area contributed by atoms with Gasteiger partial charge < -0.3 is 4.74 Å². The molecule has 4 heteroatoms. The number of ether oxygens (including phenoxy) is 1. The molecule has 0 saturated carbocycles. The average Bonchev–Trinajstić information content (AvgIpc) is 2.41. The van der Waals surface area contributed by atoms with E-state index in [4.69, 9.17) is 4.74 Å². The van der Waals surface area contributed by atoms with Crippen molar-refractivity contribution in [1.82, 2.24) is 4.48 Å². The quantitative estimate of drug-likeness (QED) is 0.587. The highest BCUT2D eigenvalue weighted by molar-refractivity contribution is 6.09. The average molecular weight is 192 g/mol. The van der Waals surface area contributed by atoms with E-state index in [1.54, 1.807) is 24.3 Å². The van der Waals surface area contributed by atoms with Crippen LogP contribution in [0.15, 0.2) is 24.3 Å². The number of para-hydroxylation sites is 2. The summed E-state index contributed by atoms with van der Waals surface area (Å²) < 4.78 is 4.59. The van der Waals surface area contributed by atoms with Gasteiger partial charge in [0.15, 0.2) is 11.4 Å². The summed E-state index contributed by atoms with van der Waals surface area (Å²) in [6.07, 6.45) is -0.543. The molecule has 0 spiro atoms. The topological polar surface area (TPSA) is 43.4 Å². The van der Waals surface area contributed by atoms with E-state index in [0.717, 1.165) is 0 Å². The van der Waals surface area contributed by atoms with Gasteiger partial charge in [0.25, 0.3) is 0 Å². The van der Waals surface area contributed by atoms with Gasteiger partial charge in [-0.05, 0) is 6.07 Å². The fourth-order valence-corrected chi connectivity index (χ4v) is 1.49. The van der Waals surface area contributed by atoms with E-state index in [0.29, 0.717) is 11.4 Å². The molecule has 1 aliphatic rings. The summed E-state index contributed by atoms with van der Waals surface area (Å²) >= 11 is 0. The Bertz CT molecular complexity index is 427. The molecule has 4 nitrogen and oxygen atoms in total. The zero-order chi connectivity index (χ0) is 10.3. The van der Waals surface area contributed by atoms with Crippen LogP contribution in [0.2, 0.25) is 0 Å². The molecule has 72 valence electrons. The second-order valence-corrected chi connectivity index (χ2v) is 3.36. The van der Waals surface area contributed by atoms with E-state index >= 15 is 0 Å². The maximum atomic E-state index is 11.5. The van der Waals surface area contributed by atoms with Crippen LogP contribution in [0.25, 0.3) is 0 Å². The van der Waals surface area contributed by atoms with Crippen LogP contribution in [0.3, 0.4) is 0 Å². The lowest BCUT2D eigenvalue weighted by atomic mass is 10.2. The second-order valence-electron chi connectivity index (χ2n) is 3.36. The molecule has 0 bridgehead atoms. The van der Waals surface area contributed by atoms with Crippen LogP contribution >= 0.6 is 0 Å². The maximum Gasteiger partial charge on any atom is 0.534 e. The number of fused-ring (bicyclic) bond motifs is 1.